The molecule has 2 aromatic carbocycles. The van der Waals surface area contributed by atoms with E-state index in [9.17, 15) is 4.39 Å². The Hall–Kier alpha value is -1.87. The number of ether oxygens (including phenoxy) is 1. The molecule has 1 heterocycles. The minimum atomic E-state index is -0.192. The van der Waals surface area contributed by atoms with Crippen molar-refractivity contribution in [1.29, 1.82) is 0 Å². The van der Waals surface area contributed by atoms with Gasteiger partial charge in [0.25, 0.3) is 0 Å². The maximum absolute atomic E-state index is 13.0. The van der Waals surface area contributed by atoms with Gasteiger partial charge >= 0.3 is 0 Å². The van der Waals surface area contributed by atoms with E-state index in [0.29, 0.717) is 0 Å². The molecular weight excluding hydrogens is 265 g/mol. The highest BCUT2D eigenvalue weighted by atomic mass is 19.1. The Morgan fingerprint density at radius 3 is 2.67 bits per heavy atom. The lowest BCUT2D eigenvalue weighted by atomic mass is 10.0. The molecule has 2 unspecified atom stereocenters. The van der Waals surface area contributed by atoms with Gasteiger partial charge in [-0.1, -0.05) is 37.3 Å². The largest absolute Gasteiger partial charge is 0.488 e. The summed E-state index contributed by atoms with van der Waals surface area (Å²) in [6, 6.07) is 15.1. The Bertz CT molecular complexity index is 571. The molecule has 0 saturated carbocycles. The Kier molecular flexibility index (Phi) is 4.20. The van der Waals surface area contributed by atoms with Crippen LogP contribution in [0.5, 0.6) is 5.75 Å². The van der Waals surface area contributed by atoms with Gasteiger partial charge in [-0.2, -0.15) is 0 Å². The van der Waals surface area contributed by atoms with Crippen molar-refractivity contribution in [1.82, 2.24) is 5.32 Å². The van der Waals surface area contributed by atoms with Crippen LogP contribution >= 0.6 is 0 Å². The smallest absolute Gasteiger partial charge is 0.123 e. The van der Waals surface area contributed by atoms with E-state index in [1.165, 1.54) is 17.7 Å². The van der Waals surface area contributed by atoms with Gasteiger partial charge in [-0.15, -0.1) is 0 Å². The summed E-state index contributed by atoms with van der Waals surface area (Å²) in [5.74, 6) is 0.808. The van der Waals surface area contributed by atoms with Gasteiger partial charge in [0.05, 0.1) is 0 Å². The molecule has 1 N–H and O–H groups in total. The average molecular weight is 285 g/mol. The molecule has 0 amide bonds. The second-order valence-corrected chi connectivity index (χ2v) is 5.47. The highest BCUT2D eigenvalue weighted by molar-refractivity contribution is 5.37. The fourth-order valence-electron chi connectivity index (χ4n) is 2.83. The molecule has 0 bridgehead atoms. The van der Waals surface area contributed by atoms with E-state index in [-0.39, 0.29) is 18.0 Å². The number of rotatable bonds is 5. The van der Waals surface area contributed by atoms with Crippen molar-refractivity contribution in [2.75, 3.05) is 6.54 Å². The van der Waals surface area contributed by atoms with Gasteiger partial charge in [-0.05, 0) is 35.7 Å². The van der Waals surface area contributed by atoms with Gasteiger partial charge in [0.15, 0.2) is 0 Å². The molecule has 110 valence electrons. The molecule has 1 aliphatic rings. The molecule has 3 rings (SSSR count). The summed E-state index contributed by atoms with van der Waals surface area (Å²) >= 11 is 0. The molecule has 2 atom stereocenters. The maximum Gasteiger partial charge on any atom is 0.123 e. The standard InChI is InChI=1S/C18H20FNO/c1-2-17(13-7-9-15(19)10-8-13)20-12-16-11-14-5-3-4-6-18(14)21-16/h3-10,16-17,20H,2,11-12H2,1H3. The third kappa shape index (κ3) is 3.24. The van der Waals surface area contributed by atoms with Crippen LogP contribution in [0.2, 0.25) is 0 Å². The summed E-state index contributed by atoms with van der Waals surface area (Å²) in [4.78, 5) is 0. The van der Waals surface area contributed by atoms with E-state index in [2.05, 4.69) is 18.3 Å². The molecular formula is C18H20FNO. The summed E-state index contributed by atoms with van der Waals surface area (Å²) in [5.41, 5.74) is 2.40. The zero-order valence-electron chi connectivity index (χ0n) is 12.2. The topological polar surface area (TPSA) is 21.3 Å². The lowest BCUT2D eigenvalue weighted by molar-refractivity contribution is 0.220. The summed E-state index contributed by atoms with van der Waals surface area (Å²) in [5, 5.41) is 3.53. The van der Waals surface area contributed by atoms with Crippen LogP contribution in [0, 0.1) is 5.82 Å². The zero-order chi connectivity index (χ0) is 14.7. The second kappa shape index (κ2) is 6.27. The van der Waals surface area contributed by atoms with Crippen LogP contribution in [0.4, 0.5) is 4.39 Å². The van der Waals surface area contributed by atoms with E-state index >= 15 is 0 Å². The number of hydrogen-bond acceptors (Lipinski definition) is 2. The summed E-state index contributed by atoms with van der Waals surface area (Å²) in [7, 11) is 0. The minimum absolute atomic E-state index is 0.178. The fraction of sp³-hybridized carbons (Fsp3) is 0.333. The van der Waals surface area contributed by atoms with Gasteiger partial charge in [-0.3, -0.25) is 0 Å². The van der Waals surface area contributed by atoms with Crippen molar-refractivity contribution in [2.24, 2.45) is 0 Å². The first kappa shape index (κ1) is 14.1. The molecule has 0 aliphatic carbocycles. The second-order valence-electron chi connectivity index (χ2n) is 5.47. The van der Waals surface area contributed by atoms with Crippen LogP contribution in [-0.2, 0) is 6.42 Å². The predicted molar refractivity (Wildman–Crippen MR) is 82.0 cm³/mol. The Labute approximate surface area is 125 Å². The summed E-state index contributed by atoms with van der Waals surface area (Å²) < 4.78 is 18.9. The van der Waals surface area contributed by atoms with Crippen molar-refractivity contribution in [3.8, 4) is 5.75 Å². The Morgan fingerprint density at radius 1 is 1.19 bits per heavy atom. The first-order valence-corrected chi connectivity index (χ1v) is 7.49. The van der Waals surface area contributed by atoms with Crippen molar-refractivity contribution < 1.29 is 9.13 Å². The predicted octanol–water partition coefficient (Wildman–Crippen LogP) is 3.87. The molecule has 0 aromatic heterocycles. The van der Waals surface area contributed by atoms with E-state index in [0.717, 1.165) is 30.7 Å². The normalized spacial score (nSPS) is 18.1. The van der Waals surface area contributed by atoms with Crippen molar-refractivity contribution >= 4 is 0 Å². The number of halogens is 1. The molecule has 0 radical (unpaired) electrons. The number of para-hydroxylation sites is 1. The Balaban J connectivity index is 1.58. The lowest BCUT2D eigenvalue weighted by Gasteiger charge is -2.20. The van der Waals surface area contributed by atoms with Crippen LogP contribution in [0.25, 0.3) is 0 Å². The monoisotopic (exact) mass is 285 g/mol. The van der Waals surface area contributed by atoms with E-state index < -0.39 is 0 Å². The van der Waals surface area contributed by atoms with Crippen LogP contribution in [0.1, 0.15) is 30.5 Å². The van der Waals surface area contributed by atoms with Crippen molar-refractivity contribution in [3.05, 3.63) is 65.5 Å². The molecule has 2 nitrogen and oxygen atoms in total. The number of fused-ring (bicyclic) bond motifs is 1. The SMILES string of the molecule is CCC(NCC1Cc2ccccc2O1)c1ccc(F)cc1. The third-order valence-electron chi connectivity index (χ3n) is 3.99. The highest BCUT2D eigenvalue weighted by Gasteiger charge is 2.23. The summed E-state index contributed by atoms with van der Waals surface area (Å²) in [6.45, 7) is 2.93. The van der Waals surface area contributed by atoms with Crippen LogP contribution in [0.15, 0.2) is 48.5 Å². The molecule has 3 heteroatoms. The average Bonchev–Trinajstić information content (AvgIpc) is 2.92. The maximum atomic E-state index is 13.0. The van der Waals surface area contributed by atoms with Crippen LogP contribution in [-0.4, -0.2) is 12.6 Å². The van der Waals surface area contributed by atoms with Gasteiger partial charge in [0, 0.05) is 19.0 Å². The molecule has 0 spiro atoms. The quantitative estimate of drug-likeness (QED) is 0.900. The van der Waals surface area contributed by atoms with Crippen molar-refractivity contribution in [2.45, 2.75) is 31.9 Å². The molecule has 1 aliphatic heterocycles. The van der Waals surface area contributed by atoms with E-state index in [1.807, 2.05) is 30.3 Å². The van der Waals surface area contributed by atoms with E-state index in [4.69, 9.17) is 4.74 Å². The fourth-order valence-corrected chi connectivity index (χ4v) is 2.83. The zero-order valence-corrected chi connectivity index (χ0v) is 12.2. The number of benzene rings is 2. The molecule has 21 heavy (non-hydrogen) atoms. The summed E-state index contributed by atoms with van der Waals surface area (Å²) in [6.07, 6.45) is 2.09. The minimum Gasteiger partial charge on any atom is -0.488 e. The van der Waals surface area contributed by atoms with Gasteiger partial charge in [0.2, 0.25) is 0 Å². The van der Waals surface area contributed by atoms with Crippen molar-refractivity contribution in [3.63, 3.8) is 0 Å². The lowest BCUT2D eigenvalue weighted by Crippen LogP contribution is -2.32. The Morgan fingerprint density at radius 2 is 1.95 bits per heavy atom. The van der Waals surface area contributed by atoms with E-state index in [1.54, 1.807) is 0 Å². The van der Waals surface area contributed by atoms with Crippen LogP contribution < -0.4 is 10.1 Å². The van der Waals surface area contributed by atoms with Gasteiger partial charge in [-0.25, -0.2) is 4.39 Å². The number of hydrogen-bond donors (Lipinski definition) is 1. The molecule has 0 saturated heterocycles. The first-order chi connectivity index (χ1) is 10.3. The van der Waals surface area contributed by atoms with Gasteiger partial charge < -0.3 is 10.1 Å². The van der Waals surface area contributed by atoms with Crippen LogP contribution in [0.3, 0.4) is 0 Å². The highest BCUT2D eigenvalue weighted by Crippen LogP contribution is 2.28. The first-order valence-electron chi connectivity index (χ1n) is 7.49. The number of nitrogens with one attached hydrogen (secondary N) is 1. The molecule has 0 fully saturated rings. The molecule has 2 aromatic rings. The van der Waals surface area contributed by atoms with Gasteiger partial charge in [0.1, 0.15) is 17.7 Å². The third-order valence-corrected chi connectivity index (χ3v) is 3.99.